The molecule has 0 amide bonds. The Hall–Kier alpha value is -3.45. The van der Waals surface area contributed by atoms with Crippen LogP contribution in [0.2, 0.25) is 0 Å². The lowest BCUT2D eigenvalue weighted by atomic mass is 9.85. The number of para-hydroxylation sites is 1. The van der Waals surface area contributed by atoms with Crippen LogP contribution in [0.3, 0.4) is 0 Å². The molecule has 2 aromatic carbocycles. The van der Waals surface area contributed by atoms with Crippen molar-refractivity contribution in [1.82, 2.24) is 19.7 Å². The molecule has 1 saturated carbocycles. The minimum Gasteiger partial charge on any atom is -0.858 e. The fourth-order valence-electron chi connectivity index (χ4n) is 6.75. The summed E-state index contributed by atoms with van der Waals surface area (Å²) in [5, 5.41) is 15.1. The zero-order valence-corrected chi connectivity index (χ0v) is 25.5. The van der Waals surface area contributed by atoms with Crippen LogP contribution in [0.4, 0.5) is 0 Å². The fourth-order valence-corrected chi connectivity index (χ4v) is 6.75. The van der Waals surface area contributed by atoms with E-state index in [1.807, 2.05) is 42.5 Å². The maximum atomic E-state index is 14.2. The Bertz CT molecular complexity index is 1380. The van der Waals surface area contributed by atoms with Gasteiger partial charge in [-0.15, -0.1) is 0 Å². The van der Waals surface area contributed by atoms with Gasteiger partial charge < -0.3 is 5.11 Å². The summed E-state index contributed by atoms with van der Waals surface area (Å²) in [4.78, 5) is 17.1. The van der Waals surface area contributed by atoms with Gasteiger partial charge in [0.25, 0.3) is 0 Å². The molecule has 1 aliphatic carbocycles. The van der Waals surface area contributed by atoms with Gasteiger partial charge in [-0.05, 0) is 37.6 Å². The van der Waals surface area contributed by atoms with Crippen molar-refractivity contribution in [2.75, 3.05) is 54.4 Å². The van der Waals surface area contributed by atoms with E-state index in [-0.39, 0.29) is 11.9 Å². The first kappa shape index (κ1) is 29.1. The quantitative estimate of drug-likeness (QED) is 0.259. The van der Waals surface area contributed by atoms with E-state index in [1.54, 1.807) is 0 Å². The maximum absolute atomic E-state index is 14.2. The van der Waals surface area contributed by atoms with E-state index in [1.165, 1.54) is 38.1 Å². The van der Waals surface area contributed by atoms with E-state index in [9.17, 15) is 5.11 Å². The van der Waals surface area contributed by atoms with Crippen molar-refractivity contribution < 1.29 is 9.68 Å². The van der Waals surface area contributed by atoms with Crippen LogP contribution in [0.25, 0.3) is 22.2 Å². The first-order valence-corrected chi connectivity index (χ1v) is 15.2. The molecule has 0 N–H and O–H groups in total. The molecule has 3 aromatic rings. The monoisotopic (exact) mass is 554 g/mol. The van der Waals surface area contributed by atoms with Crippen molar-refractivity contribution in [2.24, 2.45) is 10.9 Å². The van der Waals surface area contributed by atoms with Crippen molar-refractivity contribution in [3.05, 3.63) is 65.7 Å². The topological polar surface area (TPSA) is 61.0 Å². The number of hydrogen-bond acceptors (Lipinski definition) is 4. The molecule has 5 rings (SSSR count). The molecule has 2 aliphatic rings. The molecule has 2 fully saturated rings. The van der Waals surface area contributed by atoms with E-state index < -0.39 is 0 Å². The molecule has 2 heterocycles. The van der Waals surface area contributed by atoms with Gasteiger partial charge in [0.2, 0.25) is 0 Å². The van der Waals surface area contributed by atoms with Gasteiger partial charge in [0.15, 0.2) is 0 Å². The van der Waals surface area contributed by atoms with E-state index in [0.29, 0.717) is 12.5 Å². The predicted octanol–water partition coefficient (Wildman–Crippen LogP) is 4.28. The van der Waals surface area contributed by atoms with Gasteiger partial charge in [0, 0.05) is 47.8 Å². The molecule has 0 radical (unpaired) electrons. The highest BCUT2D eigenvalue weighted by Crippen LogP contribution is 2.33. The van der Waals surface area contributed by atoms with Crippen molar-refractivity contribution in [1.29, 1.82) is 0 Å². The Morgan fingerprint density at radius 1 is 0.976 bits per heavy atom. The van der Waals surface area contributed by atoms with Crippen LogP contribution in [-0.2, 0) is 6.54 Å². The van der Waals surface area contributed by atoms with E-state index >= 15 is 0 Å². The van der Waals surface area contributed by atoms with Gasteiger partial charge in [0.1, 0.15) is 0 Å². The number of rotatable bonds is 6. The molecule has 41 heavy (non-hydrogen) atoms. The number of fused-ring (bicyclic) bond motifs is 1. The first-order valence-electron chi connectivity index (χ1n) is 15.2. The van der Waals surface area contributed by atoms with E-state index in [0.717, 1.165) is 59.5 Å². The van der Waals surface area contributed by atoms with E-state index in [2.05, 4.69) is 66.5 Å². The van der Waals surface area contributed by atoms with Gasteiger partial charge in [-0.2, -0.15) is 0 Å². The SMILES string of the molecule is C[C@H](N=C([O-])c1c(CN2CCN(C(N(C)C)=[N+](C)C)CC2)c(-c2ccccc2)nc2ccccc12)C1CCCCC1. The van der Waals surface area contributed by atoms with Gasteiger partial charge >= 0.3 is 5.96 Å². The number of guanidine groups is 1. The second-order valence-electron chi connectivity index (χ2n) is 12.1. The Morgan fingerprint density at radius 3 is 2.29 bits per heavy atom. The van der Waals surface area contributed by atoms with Gasteiger partial charge in [-0.1, -0.05) is 67.8 Å². The lowest BCUT2D eigenvalue weighted by Crippen LogP contribution is -2.54. The first-order chi connectivity index (χ1) is 19.8. The lowest BCUT2D eigenvalue weighted by Gasteiger charge is -2.35. The third-order valence-corrected chi connectivity index (χ3v) is 8.74. The highest BCUT2D eigenvalue weighted by molar-refractivity contribution is 6.07. The lowest BCUT2D eigenvalue weighted by molar-refractivity contribution is -0.476. The Balaban J connectivity index is 1.55. The van der Waals surface area contributed by atoms with Crippen molar-refractivity contribution in [3.8, 4) is 11.3 Å². The highest BCUT2D eigenvalue weighted by atomic mass is 16.3. The number of hydrogen-bond donors (Lipinski definition) is 0. The van der Waals surface area contributed by atoms with Crippen molar-refractivity contribution >= 4 is 22.8 Å². The summed E-state index contributed by atoms with van der Waals surface area (Å²) in [5.74, 6) is 1.61. The number of nitrogens with zero attached hydrogens (tertiary/aromatic N) is 6. The molecule has 1 aromatic heterocycles. The van der Waals surface area contributed by atoms with Crippen LogP contribution in [-0.4, -0.2) is 96.5 Å². The predicted molar refractivity (Wildman–Crippen MR) is 167 cm³/mol. The molecule has 7 heteroatoms. The summed E-state index contributed by atoms with van der Waals surface area (Å²) in [6.07, 6.45) is 6.12. The number of benzene rings is 2. The maximum Gasteiger partial charge on any atom is 0.349 e. The summed E-state index contributed by atoms with van der Waals surface area (Å²) in [6, 6.07) is 18.4. The number of aliphatic imine (C=N–C) groups is 1. The Morgan fingerprint density at radius 2 is 1.63 bits per heavy atom. The highest BCUT2D eigenvalue weighted by Gasteiger charge is 2.29. The average molecular weight is 555 g/mol. The number of piperazine rings is 1. The molecular formula is C34H46N6O. The second-order valence-corrected chi connectivity index (χ2v) is 12.1. The smallest absolute Gasteiger partial charge is 0.349 e. The Kier molecular flexibility index (Phi) is 9.23. The van der Waals surface area contributed by atoms with Gasteiger partial charge in [-0.25, -0.2) is 4.98 Å². The molecule has 7 nitrogen and oxygen atoms in total. The van der Waals surface area contributed by atoms with Crippen LogP contribution in [0.1, 0.15) is 50.2 Å². The standard InChI is InChI=1S/C34H46N6O/c1-25(26-14-8-6-9-15-26)35-33(41)31-28-18-12-13-19-30(28)36-32(27-16-10-7-11-17-27)29(31)24-39-20-22-40(23-21-39)34(37(2)3)38(4)5/h7,10-13,16-19,25-26H,6,8-9,14-15,20-24H2,1-5H3/t25-/m0/s1. The average Bonchev–Trinajstić information content (AvgIpc) is 2.98. The second kappa shape index (κ2) is 13.0. The third kappa shape index (κ3) is 6.56. The molecule has 1 saturated heterocycles. The fraction of sp³-hybridized carbons (Fsp3) is 0.500. The third-order valence-electron chi connectivity index (χ3n) is 8.74. The zero-order valence-electron chi connectivity index (χ0n) is 25.5. The summed E-state index contributed by atoms with van der Waals surface area (Å²) in [5.41, 5.74) is 4.51. The zero-order chi connectivity index (χ0) is 28.9. The molecule has 0 bridgehead atoms. The molecule has 1 atom stereocenters. The summed E-state index contributed by atoms with van der Waals surface area (Å²) < 4.78 is 2.18. The molecular weight excluding hydrogens is 508 g/mol. The summed E-state index contributed by atoms with van der Waals surface area (Å²) in [6.45, 7) is 6.49. The van der Waals surface area contributed by atoms with Crippen LogP contribution >= 0.6 is 0 Å². The number of pyridine rings is 1. The van der Waals surface area contributed by atoms with E-state index in [4.69, 9.17) is 9.98 Å². The van der Waals surface area contributed by atoms with Crippen LogP contribution < -0.4 is 5.11 Å². The molecule has 0 spiro atoms. The van der Waals surface area contributed by atoms with Crippen molar-refractivity contribution in [2.45, 2.75) is 51.6 Å². The number of aromatic nitrogens is 1. The van der Waals surface area contributed by atoms with Crippen LogP contribution in [0.5, 0.6) is 0 Å². The van der Waals surface area contributed by atoms with Gasteiger partial charge in [-0.3, -0.25) is 24.3 Å². The minimum atomic E-state index is -0.0941. The molecule has 218 valence electrons. The summed E-state index contributed by atoms with van der Waals surface area (Å²) >= 11 is 0. The minimum absolute atomic E-state index is 0.0253. The van der Waals surface area contributed by atoms with Gasteiger partial charge in [0.05, 0.1) is 52.5 Å². The van der Waals surface area contributed by atoms with Crippen LogP contribution in [0, 0.1) is 5.92 Å². The molecule has 1 aliphatic heterocycles. The normalized spacial score (nSPS) is 18.0. The Labute approximate surface area is 245 Å². The van der Waals surface area contributed by atoms with Crippen LogP contribution in [0.15, 0.2) is 59.6 Å². The summed E-state index contributed by atoms with van der Waals surface area (Å²) in [7, 11) is 8.41. The molecule has 0 unspecified atom stereocenters. The largest absolute Gasteiger partial charge is 0.858 e. The van der Waals surface area contributed by atoms with Crippen molar-refractivity contribution in [3.63, 3.8) is 0 Å².